The van der Waals surface area contributed by atoms with Crippen LogP contribution in [-0.4, -0.2) is 54.4 Å². The highest BCUT2D eigenvalue weighted by atomic mass is 16.5. The summed E-state index contributed by atoms with van der Waals surface area (Å²) in [7, 11) is 0. The van der Waals surface area contributed by atoms with Gasteiger partial charge in [-0.1, -0.05) is 19.4 Å². The molecule has 24 heavy (non-hydrogen) atoms. The summed E-state index contributed by atoms with van der Waals surface area (Å²) in [6.07, 6.45) is 3.40. The minimum absolute atomic E-state index is 0.00403. The Labute approximate surface area is 143 Å². The quantitative estimate of drug-likeness (QED) is 0.899. The Morgan fingerprint density at radius 1 is 1.42 bits per heavy atom. The predicted octanol–water partition coefficient (Wildman–Crippen LogP) is 2.48. The zero-order valence-corrected chi connectivity index (χ0v) is 14.3. The number of hydrogen-bond acceptors (Lipinski definition) is 4. The maximum absolute atomic E-state index is 13.0. The molecule has 1 aliphatic carbocycles. The summed E-state index contributed by atoms with van der Waals surface area (Å²) in [5.41, 5.74) is 0.642. The van der Waals surface area contributed by atoms with Gasteiger partial charge >= 0.3 is 0 Å². The van der Waals surface area contributed by atoms with Crippen molar-refractivity contribution in [1.82, 2.24) is 4.90 Å². The van der Waals surface area contributed by atoms with E-state index in [2.05, 4.69) is 6.92 Å². The molecule has 0 spiro atoms. The average molecular weight is 333 g/mol. The normalized spacial score (nSPS) is 27.2. The van der Waals surface area contributed by atoms with Gasteiger partial charge in [0, 0.05) is 18.0 Å². The van der Waals surface area contributed by atoms with Crippen molar-refractivity contribution in [2.75, 3.05) is 26.4 Å². The molecule has 5 nitrogen and oxygen atoms in total. The van der Waals surface area contributed by atoms with Gasteiger partial charge in [0.25, 0.3) is 5.91 Å². The van der Waals surface area contributed by atoms with Gasteiger partial charge in [-0.25, -0.2) is 0 Å². The van der Waals surface area contributed by atoms with Crippen molar-refractivity contribution in [2.45, 2.75) is 44.8 Å². The van der Waals surface area contributed by atoms with Gasteiger partial charge < -0.3 is 19.5 Å². The van der Waals surface area contributed by atoms with Crippen molar-refractivity contribution in [3.05, 3.63) is 29.8 Å². The lowest BCUT2D eigenvalue weighted by Gasteiger charge is -2.40. The molecule has 2 fully saturated rings. The number of carbonyl (C=O) groups excluding carboxylic acids is 1. The van der Waals surface area contributed by atoms with Gasteiger partial charge in [-0.3, -0.25) is 4.79 Å². The molecule has 0 aromatic heterocycles. The van der Waals surface area contributed by atoms with Crippen LogP contribution in [0.1, 0.15) is 43.0 Å². The number of ether oxygens (including phenoxy) is 2. The van der Waals surface area contributed by atoms with Crippen LogP contribution in [0, 0.1) is 5.92 Å². The molecule has 1 saturated heterocycles. The molecule has 5 heteroatoms. The third kappa shape index (κ3) is 3.73. The molecule has 0 radical (unpaired) electrons. The van der Waals surface area contributed by atoms with E-state index < -0.39 is 0 Å². The number of hydrogen-bond donors (Lipinski definition) is 1. The minimum Gasteiger partial charge on any atom is -0.494 e. The molecular formula is C19H27NO4. The summed E-state index contributed by atoms with van der Waals surface area (Å²) in [6.45, 7) is 4.34. The van der Waals surface area contributed by atoms with Crippen molar-refractivity contribution in [1.29, 1.82) is 0 Å². The summed E-state index contributed by atoms with van der Waals surface area (Å²) in [6, 6.07) is 7.35. The molecule has 1 aromatic carbocycles. The van der Waals surface area contributed by atoms with Crippen LogP contribution in [0.3, 0.4) is 0 Å². The zero-order chi connectivity index (χ0) is 16.9. The third-order valence-electron chi connectivity index (χ3n) is 5.01. The second-order valence-electron chi connectivity index (χ2n) is 6.68. The van der Waals surface area contributed by atoms with Gasteiger partial charge in [-0.15, -0.1) is 0 Å². The van der Waals surface area contributed by atoms with Crippen LogP contribution in [0.5, 0.6) is 5.75 Å². The maximum Gasteiger partial charge on any atom is 0.254 e. The second kappa shape index (κ2) is 7.99. The summed E-state index contributed by atoms with van der Waals surface area (Å²) >= 11 is 0. The fourth-order valence-corrected chi connectivity index (χ4v) is 3.75. The van der Waals surface area contributed by atoms with Crippen LogP contribution in [0.2, 0.25) is 0 Å². The van der Waals surface area contributed by atoms with Gasteiger partial charge in [0.15, 0.2) is 0 Å². The van der Waals surface area contributed by atoms with Crippen LogP contribution >= 0.6 is 0 Å². The highest BCUT2D eigenvalue weighted by Crippen LogP contribution is 2.33. The average Bonchev–Trinajstić information content (AvgIpc) is 3.05. The first-order valence-electron chi connectivity index (χ1n) is 9.00. The Balaban J connectivity index is 1.76. The Hall–Kier alpha value is -1.59. The zero-order valence-electron chi connectivity index (χ0n) is 14.3. The summed E-state index contributed by atoms with van der Waals surface area (Å²) in [5.74, 6) is 0.853. The second-order valence-corrected chi connectivity index (χ2v) is 6.68. The highest BCUT2D eigenvalue weighted by molar-refractivity contribution is 5.95. The van der Waals surface area contributed by atoms with E-state index in [0.29, 0.717) is 31.9 Å². The summed E-state index contributed by atoms with van der Waals surface area (Å²) in [5, 5.41) is 10.2. The van der Waals surface area contributed by atoms with Crippen LogP contribution in [0.4, 0.5) is 0 Å². The number of aliphatic hydroxyl groups excluding tert-OH is 1. The Morgan fingerprint density at radius 2 is 2.29 bits per heavy atom. The Bertz CT molecular complexity index is 562. The van der Waals surface area contributed by atoms with E-state index in [1.807, 2.05) is 29.2 Å². The maximum atomic E-state index is 13.0. The van der Waals surface area contributed by atoms with Crippen LogP contribution < -0.4 is 4.74 Å². The fraction of sp³-hybridized carbons (Fsp3) is 0.632. The molecule has 3 atom stereocenters. The molecule has 0 unspecified atom stereocenters. The Kier molecular flexibility index (Phi) is 5.74. The number of nitrogens with zero attached hydrogens (tertiary/aromatic N) is 1. The molecule has 132 valence electrons. The SMILES string of the molecule is CCCOc1cccc(C(=O)N2CCOC[C@@H]2[C@H]2CCC[C@H]2O)c1. The highest BCUT2D eigenvalue weighted by Gasteiger charge is 2.39. The van der Waals surface area contributed by atoms with E-state index in [9.17, 15) is 9.90 Å². The number of carbonyl (C=O) groups is 1. The van der Waals surface area contributed by atoms with Gasteiger partial charge in [0.2, 0.25) is 0 Å². The van der Waals surface area contributed by atoms with E-state index in [0.717, 1.165) is 31.4 Å². The molecule has 1 aromatic rings. The first-order chi connectivity index (χ1) is 11.7. The summed E-state index contributed by atoms with van der Waals surface area (Å²) in [4.78, 5) is 14.9. The van der Waals surface area contributed by atoms with E-state index in [1.165, 1.54) is 0 Å². The molecule has 1 heterocycles. The van der Waals surface area contributed by atoms with Crippen molar-refractivity contribution in [3.8, 4) is 5.75 Å². The lowest BCUT2D eigenvalue weighted by molar-refractivity contribution is -0.0383. The molecular weight excluding hydrogens is 306 g/mol. The third-order valence-corrected chi connectivity index (χ3v) is 5.01. The monoisotopic (exact) mass is 333 g/mol. The van der Waals surface area contributed by atoms with Crippen LogP contribution in [-0.2, 0) is 4.74 Å². The van der Waals surface area contributed by atoms with Crippen molar-refractivity contribution in [2.24, 2.45) is 5.92 Å². The van der Waals surface area contributed by atoms with Gasteiger partial charge in [-0.05, 0) is 37.5 Å². The van der Waals surface area contributed by atoms with Gasteiger partial charge in [-0.2, -0.15) is 0 Å². The molecule has 0 bridgehead atoms. The predicted molar refractivity (Wildman–Crippen MR) is 91.2 cm³/mol. The number of aliphatic hydroxyl groups is 1. The molecule has 1 N–H and O–H groups in total. The molecule has 1 amide bonds. The lowest BCUT2D eigenvalue weighted by atomic mass is 9.93. The van der Waals surface area contributed by atoms with E-state index in [-0.39, 0.29) is 24.0 Å². The number of morpholine rings is 1. The fourth-order valence-electron chi connectivity index (χ4n) is 3.75. The van der Waals surface area contributed by atoms with Crippen molar-refractivity contribution in [3.63, 3.8) is 0 Å². The first kappa shape index (κ1) is 17.2. The molecule has 3 rings (SSSR count). The minimum atomic E-state index is -0.328. The van der Waals surface area contributed by atoms with Crippen LogP contribution in [0.15, 0.2) is 24.3 Å². The standard InChI is InChI=1S/C19H27NO4/c1-2-10-24-15-6-3-5-14(12-15)19(22)20-9-11-23-13-17(20)16-7-4-8-18(16)21/h3,5-6,12,16-18,21H,2,4,7-11,13H2,1H3/t16-,17-,18-/m1/s1. The molecule has 1 saturated carbocycles. The van der Waals surface area contributed by atoms with Crippen molar-refractivity contribution < 1.29 is 19.4 Å². The summed E-state index contributed by atoms with van der Waals surface area (Å²) < 4.78 is 11.2. The first-order valence-corrected chi connectivity index (χ1v) is 9.00. The van der Waals surface area contributed by atoms with Crippen molar-refractivity contribution >= 4 is 5.91 Å². The van der Waals surface area contributed by atoms with E-state index >= 15 is 0 Å². The topological polar surface area (TPSA) is 59.0 Å². The number of amides is 1. The smallest absolute Gasteiger partial charge is 0.254 e. The molecule has 1 aliphatic heterocycles. The number of benzene rings is 1. The van der Waals surface area contributed by atoms with E-state index in [1.54, 1.807) is 0 Å². The van der Waals surface area contributed by atoms with Gasteiger partial charge in [0.1, 0.15) is 5.75 Å². The molecule has 2 aliphatic rings. The lowest BCUT2D eigenvalue weighted by Crippen LogP contribution is -2.53. The van der Waals surface area contributed by atoms with Crippen LogP contribution in [0.25, 0.3) is 0 Å². The largest absolute Gasteiger partial charge is 0.494 e. The Morgan fingerprint density at radius 3 is 3.04 bits per heavy atom. The number of rotatable bonds is 5. The van der Waals surface area contributed by atoms with Gasteiger partial charge in [0.05, 0.1) is 32.0 Å². The van der Waals surface area contributed by atoms with E-state index in [4.69, 9.17) is 9.47 Å².